The number of carbonyl (C=O) groups is 2. The van der Waals surface area contributed by atoms with E-state index in [0.717, 1.165) is 25.7 Å². The molecule has 3 saturated carbocycles. The van der Waals surface area contributed by atoms with Gasteiger partial charge >= 0.3 is 5.97 Å². The summed E-state index contributed by atoms with van der Waals surface area (Å²) < 4.78 is 12.9. The van der Waals surface area contributed by atoms with Gasteiger partial charge in [0.25, 0.3) is 0 Å². The van der Waals surface area contributed by atoms with Crippen LogP contribution in [0.25, 0.3) is 0 Å². The minimum atomic E-state index is -1.99. The molecule has 0 heterocycles. The van der Waals surface area contributed by atoms with Crippen molar-refractivity contribution in [3.63, 3.8) is 0 Å². The van der Waals surface area contributed by atoms with E-state index < -0.39 is 19.3 Å². The zero-order valence-corrected chi connectivity index (χ0v) is 21.8. The number of fused-ring (bicyclic) bond motifs is 1. The summed E-state index contributed by atoms with van der Waals surface area (Å²) in [5.74, 6) is 0.145. The molecule has 0 radical (unpaired) electrons. The Bertz CT molecular complexity index is 670. The molecule has 0 saturated heterocycles. The first-order valence-corrected chi connectivity index (χ1v) is 14.3. The standard InChI is InChI=1S/C25H44O4Si/c1-16(2)30(17(3)4,18(5)6)28-15-24-13-10-11-19-21(24)25(19,20(26)12-14-24)22(27)29-23(7,8)9/h16-19,21H,10-15H2,1-9H3/t19-,21-,24-,25-/m0/s1. The minimum absolute atomic E-state index is 0.0371. The van der Waals surface area contributed by atoms with Crippen LogP contribution >= 0.6 is 0 Å². The lowest BCUT2D eigenvalue weighted by molar-refractivity contribution is -0.168. The number of ketones is 1. The van der Waals surface area contributed by atoms with Crippen molar-refractivity contribution in [3.05, 3.63) is 0 Å². The first-order valence-electron chi connectivity index (χ1n) is 12.2. The molecule has 5 heteroatoms. The highest BCUT2D eigenvalue weighted by Crippen LogP contribution is 2.76. The smallest absolute Gasteiger partial charge is 0.320 e. The van der Waals surface area contributed by atoms with E-state index in [-0.39, 0.29) is 29.0 Å². The van der Waals surface area contributed by atoms with E-state index >= 15 is 0 Å². The fourth-order valence-corrected chi connectivity index (χ4v) is 13.1. The number of carbonyl (C=O) groups excluding carboxylic acids is 2. The molecule has 0 aromatic rings. The van der Waals surface area contributed by atoms with E-state index in [0.29, 0.717) is 29.7 Å². The second-order valence-corrected chi connectivity index (χ2v) is 17.7. The van der Waals surface area contributed by atoms with Crippen LogP contribution in [0.3, 0.4) is 0 Å². The summed E-state index contributed by atoms with van der Waals surface area (Å²) >= 11 is 0. The minimum Gasteiger partial charge on any atom is -0.459 e. The van der Waals surface area contributed by atoms with Crippen LogP contribution in [0.5, 0.6) is 0 Å². The van der Waals surface area contributed by atoms with Gasteiger partial charge in [0, 0.05) is 13.0 Å². The highest BCUT2D eigenvalue weighted by Gasteiger charge is 2.82. The maximum atomic E-state index is 13.3. The normalized spacial score (nSPS) is 33.8. The summed E-state index contributed by atoms with van der Waals surface area (Å²) in [4.78, 5) is 26.5. The van der Waals surface area contributed by atoms with Crippen molar-refractivity contribution < 1.29 is 18.8 Å². The van der Waals surface area contributed by atoms with Gasteiger partial charge in [-0.3, -0.25) is 9.59 Å². The van der Waals surface area contributed by atoms with E-state index in [2.05, 4.69) is 41.5 Å². The van der Waals surface area contributed by atoms with Crippen LogP contribution < -0.4 is 0 Å². The molecular formula is C25H44O4Si. The van der Waals surface area contributed by atoms with Gasteiger partial charge in [0.1, 0.15) is 11.0 Å². The summed E-state index contributed by atoms with van der Waals surface area (Å²) in [6.07, 6.45) is 4.50. The number of hydrogen-bond donors (Lipinski definition) is 0. The van der Waals surface area contributed by atoms with Gasteiger partial charge in [0.15, 0.2) is 14.1 Å². The Morgan fingerprint density at radius 2 is 1.63 bits per heavy atom. The molecule has 4 atom stereocenters. The fourth-order valence-electron chi connectivity index (χ4n) is 7.58. The van der Waals surface area contributed by atoms with Gasteiger partial charge < -0.3 is 9.16 Å². The molecule has 30 heavy (non-hydrogen) atoms. The molecule has 0 N–H and O–H groups in total. The lowest BCUT2D eigenvalue weighted by atomic mass is 9.66. The molecule has 3 rings (SSSR count). The molecule has 0 aromatic heterocycles. The van der Waals surface area contributed by atoms with Crippen molar-refractivity contribution in [2.24, 2.45) is 22.7 Å². The highest BCUT2D eigenvalue weighted by atomic mass is 28.4. The maximum Gasteiger partial charge on any atom is 0.320 e. The van der Waals surface area contributed by atoms with Crippen molar-refractivity contribution in [1.29, 1.82) is 0 Å². The maximum absolute atomic E-state index is 13.3. The van der Waals surface area contributed by atoms with E-state index in [1.807, 2.05) is 20.8 Å². The van der Waals surface area contributed by atoms with Crippen molar-refractivity contribution in [1.82, 2.24) is 0 Å². The third-order valence-electron chi connectivity index (χ3n) is 8.58. The summed E-state index contributed by atoms with van der Waals surface area (Å²) in [6, 6.07) is 0. The summed E-state index contributed by atoms with van der Waals surface area (Å²) in [5.41, 5.74) is 0.118. The molecule has 0 unspecified atom stereocenters. The Labute approximate surface area is 185 Å². The Kier molecular flexibility index (Phi) is 6.17. The molecule has 172 valence electrons. The quantitative estimate of drug-likeness (QED) is 0.267. The van der Waals surface area contributed by atoms with Crippen LogP contribution in [0.2, 0.25) is 16.6 Å². The zero-order valence-electron chi connectivity index (χ0n) is 20.8. The van der Waals surface area contributed by atoms with Crippen LogP contribution in [0.4, 0.5) is 0 Å². The van der Waals surface area contributed by atoms with Crippen molar-refractivity contribution in [2.45, 2.75) is 117 Å². The van der Waals surface area contributed by atoms with Crippen LogP contribution in [-0.2, 0) is 18.8 Å². The first kappa shape index (κ1) is 24.0. The van der Waals surface area contributed by atoms with Crippen molar-refractivity contribution >= 4 is 20.1 Å². The highest BCUT2D eigenvalue weighted by molar-refractivity contribution is 6.77. The second kappa shape index (κ2) is 7.72. The first-order chi connectivity index (χ1) is 13.8. The molecular weight excluding hydrogens is 392 g/mol. The summed E-state index contributed by atoms with van der Waals surface area (Å²) in [7, 11) is -1.99. The lowest BCUT2D eigenvalue weighted by Crippen LogP contribution is -2.52. The molecule has 0 spiro atoms. The second-order valence-electron chi connectivity index (χ2n) is 12.2. The molecule has 4 nitrogen and oxygen atoms in total. The molecule has 3 fully saturated rings. The van der Waals surface area contributed by atoms with Gasteiger partial charge in [-0.05, 0) is 73.9 Å². The third-order valence-corrected chi connectivity index (χ3v) is 14.6. The largest absolute Gasteiger partial charge is 0.459 e. The van der Waals surface area contributed by atoms with Gasteiger partial charge in [-0.1, -0.05) is 48.0 Å². The Hall–Kier alpha value is -0.683. The van der Waals surface area contributed by atoms with Gasteiger partial charge in [0.2, 0.25) is 0 Å². The van der Waals surface area contributed by atoms with Gasteiger partial charge in [-0.25, -0.2) is 0 Å². The number of Topliss-reactive ketones (excluding diaryl/α,β-unsaturated/α-hetero) is 1. The number of rotatable bonds is 7. The molecule has 0 aliphatic heterocycles. The summed E-state index contributed by atoms with van der Waals surface area (Å²) in [6.45, 7) is 20.3. The average molecular weight is 437 g/mol. The monoisotopic (exact) mass is 436 g/mol. The molecule has 3 aliphatic rings. The van der Waals surface area contributed by atoms with Crippen molar-refractivity contribution in [2.75, 3.05) is 6.61 Å². The van der Waals surface area contributed by atoms with Crippen molar-refractivity contribution in [3.8, 4) is 0 Å². The van der Waals surface area contributed by atoms with E-state index in [1.54, 1.807) is 0 Å². The van der Waals surface area contributed by atoms with E-state index in [4.69, 9.17) is 9.16 Å². The molecule has 0 bridgehead atoms. The fraction of sp³-hybridized carbons (Fsp3) is 0.920. The number of esters is 1. The zero-order chi connectivity index (χ0) is 22.7. The lowest BCUT2D eigenvalue weighted by Gasteiger charge is -2.47. The SMILES string of the molecule is CC(C)[Si](OC[C@@]12CCC[C@H]3[C@@H]1[C@@]3(C(=O)OC(C)(C)C)C(=O)CC2)(C(C)C)C(C)C. The Morgan fingerprint density at radius 1 is 1.07 bits per heavy atom. The molecule has 3 aliphatic carbocycles. The van der Waals surface area contributed by atoms with Crippen LogP contribution in [-0.4, -0.2) is 32.3 Å². The molecule has 0 aromatic carbocycles. The third kappa shape index (κ3) is 3.43. The van der Waals surface area contributed by atoms with E-state index in [1.165, 1.54) is 0 Å². The van der Waals surface area contributed by atoms with E-state index in [9.17, 15) is 9.59 Å². The van der Waals surface area contributed by atoms with Gasteiger partial charge in [0.05, 0.1) is 0 Å². The van der Waals surface area contributed by atoms with Gasteiger partial charge in [-0.2, -0.15) is 0 Å². The predicted molar refractivity (Wildman–Crippen MR) is 123 cm³/mol. The number of ether oxygens (including phenoxy) is 1. The Balaban J connectivity index is 1.91. The summed E-state index contributed by atoms with van der Waals surface area (Å²) in [5, 5.41) is 0. The van der Waals surface area contributed by atoms with Crippen LogP contribution in [0, 0.1) is 22.7 Å². The Morgan fingerprint density at radius 3 is 2.13 bits per heavy atom. The van der Waals surface area contributed by atoms with Gasteiger partial charge in [-0.15, -0.1) is 0 Å². The number of hydrogen-bond acceptors (Lipinski definition) is 4. The molecule has 0 amide bonds. The topological polar surface area (TPSA) is 52.6 Å². The predicted octanol–water partition coefficient (Wildman–Crippen LogP) is 6.29. The average Bonchev–Trinajstić information content (AvgIpc) is 3.29. The van der Waals surface area contributed by atoms with Crippen LogP contribution in [0.1, 0.15) is 94.4 Å². The van der Waals surface area contributed by atoms with Crippen LogP contribution in [0.15, 0.2) is 0 Å².